The molecule has 3 rings (SSSR count). The van der Waals surface area contributed by atoms with E-state index in [4.69, 9.17) is 0 Å². The first kappa shape index (κ1) is 13.7. The molecule has 1 unspecified atom stereocenters. The minimum atomic E-state index is 0.546. The molecule has 20 heavy (non-hydrogen) atoms. The molecule has 2 aromatic rings. The van der Waals surface area contributed by atoms with Gasteiger partial charge in [0.2, 0.25) is 0 Å². The van der Waals surface area contributed by atoms with Gasteiger partial charge in [-0.25, -0.2) is 0 Å². The third kappa shape index (κ3) is 2.90. The third-order valence-corrected chi connectivity index (χ3v) is 4.64. The average molecular weight is 330 g/mol. The highest BCUT2D eigenvalue weighted by Gasteiger charge is 2.19. The molecule has 2 heteroatoms. The smallest absolute Gasteiger partial charge is 0.0374 e. The second-order valence-corrected chi connectivity index (χ2v) is 6.73. The maximum atomic E-state index is 3.73. The molecule has 1 nitrogen and oxygen atoms in total. The van der Waals surface area contributed by atoms with Crippen molar-refractivity contribution in [2.75, 3.05) is 5.32 Å². The molecule has 1 atom stereocenters. The summed E-state index contributed by atoms with van der Waals surface area (Å²) in [6.45, 7) is 4.33. The summed E-state index contributed by atoms with van der Waals surface area (Å²) in [7, 11) is 0. The Kier molecular flexibility index (Phi) is 3.84. The monoisotopic (exact) mass is 329 g/mol. The molecule has 2 aromatic carbocycles. The summed E-state index contributed by atoms with van der Waals surface area (Å²) in [5.41, 5.74) is 6.92. The van der Waals surface area contributed by atoms with Crippen molar-refractivity contribution in [1.82, 2.24) is 0 Å². The van der Waals surface area contributed by atoms with Gasteiger partial charge in [-0.3, -0.25) is 0 Å². The molecule has 1 aliphatic carbocycles. The van der Waals surface area contributed by atoms with Crippen molar-refractivity contribution in [2.24, 2.45) is 0 Å². The van der Waals surface area contributed by atoms with Crippen LogP contribution in [0.25, 0.3) is 0 Å². The lowest BCUT2D eigenvalue weighted by Crippen LogP contribution is -2.27. The fourth-order valence-corrected chi connectivity index (χ4v) is 3.37. The van der Waals surface area contributed by atoms with E-state index in [2.05, 4.69) is 71.5 Å². The number of benzene rings is 2. The Labute approximate surface area is 129 Å². The quantitative estimate of drug-likeness (QED) is 0.814. The van der Waals surface area contributed by atoms with E-state index in [0.717, 1.165) is 12.8 Å². The number of anilines is 1. The zero-order chi connectivity index (χ0) is 14.1. The molecule has 0 spiro atoms. The molecule has 1 aliphatic rings. The van der Waals surface area contributed by atoms with Gasteiger partial charge in [-0.15, -0.1) is 0 Å². The lowest BCUT2D eigenvalue weighted by molar-refractivity contribution is 0.610. The number of aryl methyl sites for hydroxylation is 3. The predicted octanol–water partition coefficient (Wildman–Crippen LogP) is 5.04. The van der Waals surface area contributed by atoms with Crippen molar-refractivity contribution in [3.63, 3.8) is 0 Å². The molecule has 0 heterocycles. The van der Waals surface area contributed by atoms with Gasteiger partial charge >= 0.3 is 0 Å². The van der Waals surface area contributed by atoms with Crippen molar-refractivity contribution in [1.29, 1.82) is 0 Å². The van der Waals surface area contributed by atoms with Crippen LogP contribution in [0.5, 0.6) is 0 Å². The Hall–Kier alpha value is -1.28. The Morgan fingerprint density at radius 3 is 2.75 bits per heavy atom. The van der Waals surface area contributed by atoms with Crippen LogP contribution >= 0.6 is 15.9 Å². The standard InChI is InChI=1S/C18H20BrN/c1-12-3-4-13(2)18(9-12)20-17-8-6-14-10-16(19)7-5-15(14)11-17/h3-5,7,9-10,17,20H,6,8,11H2,1-2H3. The van der Waals surface area contributed by atoms with Crippen LogP contribution < -0.4 is 5.32 Å². The van der Waals surface area contributed by atoms with E-state index in [1.165, 1.54) is 38.8 Å². The Morgan fingerprint density at radius 1 is 1.05 bits per heavy atom. The van der Waals surface area contributed by atoms with E-state index < -0.39 is 0 Å². The number of nitrogens with one attached hydrogen (secondary N) is 1. The minimum Gasteiger partial charge on any atom is -0.382 e. The van der Waals surface area contributed by atoms with Crippen LogP contribution in [0, 0.1) is 13.8 Å². The summed E-state index contributed by atoms with van der Waals surface area (Å²) in [5, 5.41) is 3.73. The summed E-state index contributed by atoms with van der Waals surface area (Å²) in [4.78, 5) is 0. The maximum absolute atomic E-state index is 3.73. The molecule has 0 fully saturated rings. The van der Waals surface area contributed by atoms with Gasteiger partial charge < -0.3 is 5.32 Å². The van der Waals surface area contributed by atoms with Crippen molar-refractivity contribution < 1.29 is 0 Å². The third-order valence-electron chi connectivity index (χ3n) is 4.15. The van der Waals surface area contributed by atoms with Gasteiger partial charge in [-0.05, 0) is 73.6 Å². The molecule has 0 aromatic heterocycles. The van der Waals surface area contributed by atoms with Crippen LogP contribution in [-0.4, -0.2) is 6.04 Å². The Bertz CT molecular complexity index is 633. The lowest BCUT2D eigenvalue weighted by Gasteiger charge is -2.27. The van der Waals surface area contributed by atoms with Crippen LogP contribution in [0.4, 0.5) is 5.69 Å². The van der Waals surface area contributed by atoms with Crippen LogP contribution in [0.3, 0.4) is 0 Å². The van der Waals surface area contributed by atoms with Crippen LogP contribution in [0.2, 0.25) is 0 Å². The van der Waals surface area contributed by atoms with Crippen molar-refractivity contribution in [3.8, 4) is 0 Å². The molecule has 0 bridgehead atoms. The normalized spacial score (nSPS) is 17.6. The van der Waals surface area contributed by atoms with E-state index in [9.17, 15) is 0 Å². The van der Waals surface area contributed by atoms with Crippen molar-refractivity contribution >= 4 is 21.6 Å². The van der Waals surface area contributed by atoms with Gasteiger partial charge in [0.1, 0.15) is 0 Å². The maximum Gasteiger partial charge on any atom is 0.0374 e. The van der Waals surface area contributed by atoms with Crippen LogP contribution in [-0.2, 0) is 12.8 Å². The van der Waals surface area contributed by atoms with Gasteiger partial charge in [0.25, 0.3) is 0 Å². The van der Waals surface area contributed by atoms with Gasteiger partial charge in [0.05, 0.1) is 0 Å². The number of hydrogen-bond acceptors (Lipinski definition) is 1. The SMILES string of the molecule is Cc1ccc(C)c(NC2CCc3cc(Br)ccc3C2)c1. The number of rotatable bonds is 2. The topological polar surface area (TPSA) is 12.0 Å². The minimum absolute atomic E-state index is 0.546. The number of halogens is 1. The highest BCUT2D eigenvalue weighted by atomic mass is 79.9. The molecule has 0 saturated carbocycles. The van der Waals surface area contributed by atoms with Gasteiger partial charge in [0, 0.05) is 16.2 Å². The predicted molar refractivity (Wildman–Crippen MR) is 89.5 cm³/mol. The van der Waals surface area contributed by atoms with Crippen molar-refractivity contribution in [3.05, 3.63) is 63.1 Å². The van der Waals surface area contributed by atoms with Gasteiger partial charge in [0.15, 0.2) is 0 Å². The number of hydrogen-bond donors (Lipinski definition) is 1. The Morgan fingerprint density at radius 2 is 1.90 bits per heavy atom. The zero-order valence-electron chi connectivity index (χ0n) is 12.0. The first-order valence-corrected chi connectivity index (χ1v) is 8.02. The molecule has 1 N–H and O–H groups in total. The largest absolute Gasteiger partial charge is 0.382 e. The Balaban J connectivity index is 1.77. The summed E-state index contributed by atoms with van der Waals surface area (Å²) >= 11 is 3.56. The van der Waals surface area contributed by atoms with Crippen LogP contribution in [0.1, 0.15) is 28.7 Å². The molecule has 0 saturated heterocycles. The second-order valence-electron chi connectivity index (χ2n) is 5.82. The van der Waals surface area contributed by atoms with E-state index >= 15 is 0 Å². The van der Waals surface area contributed by atoms with Crippen molar-refractivity contribution in [2.45, 2.75) is 39.2 Å². The fourth-order valence-electron chi connectivity index (χ4n) is 2.96. The molecule has 0 radical (unpaired) electrons. The molecular formula is C18H20BrN. The van der Waals surface area contributed by atoms with Crippen LogP contribution in [0.15, 0.2) is 40.9 Å². The summed E-state index contributed by atoms with van der Waals surface area (Å²) in [6.07, 6.45) is 3.49. The molecule has 0 aliphatic heterocycles. The first-order chi connectivity index (χ1) is 9.61. The van der Waals surface area contributed by atoms with E-state index in [-0.39, 0.29) is 0 Å². The average Bonchev–Trinajstić information content (AvgIpc) is 2.43. The summed E-state index contributed by atoms with van der Waals surface area (Å²) in [5.74, 6) is 0. The summed E-state index contributed by atoms with van der Waals surface area (Å²) in [6, 6.07) is 13.9. The van der Waals surface area contributed by atoms with E-state index in [1.54, 1.807) is 0 Å². The van der Waals surface area contributed by atoms with Gasteiger partial charge in [-0.2, -0.15) is 0 Å². The molecule has 0 amide bonds. The lowest BCUT2D eigenvalue weighted by atomic mass is 9.88. The van der Waals surface area contributed by atoms with E-state index in [1.807, 2.05) is 0 Å². The number of fused-ring (bicyclic) bond motifs is 1. The molecular weight excluding hydrogens is 310 g/mol. The van der Waals surface area contributed by atoms with E-state index in [0.29, 0.717) is 6.04 Å². The highest BCUT2D eigenvalue weighted by Crippen LogP contribution is 2.27. The first-order valence-electron chi connectivity index (χ1n) is 7.23. The zero-order valence-corrected chi connectivity index (χ0v) is 13.6. The molecule has 104 valence electrons. The fraction of sp³-hybridized carbons (Fsp3) is 0.333. The second kappa shape index (κ2) is 5.61. The highest BCUT2D eigenvalue weighted by molar-refractivity contribution is 9.10. The van der Waals surface area contributed by atoms with Gasteiger partial charge in [-0.1, -0.05) is 34.1 Å². The summed E-state index contributed by atoms with van der Waals surface area (Å²) < 4.78 is 1.19.